The molecule has 138 valence electrons. The van der Waals surface area contributed by atoms with Crippen molar-refractivity contribution in [3.05, 3.63) is 54.5 Å². The molecule has 1 fully saturated rings. The molecule has 0 unspecified atom stereocenters. The number of fused-ring (bicyclic) bond motifs is 1. The summed E-state index contributed by atoms with van der Waals surface area (Å²) in [5, 5.41) is 4.23. The van der Waals surface area contributed by atoms with Crippen LogP contribution in [0.2, 0.25) is 0 Å². The SMILES string of the molecule is CCN1CCN(C(=O)c2ccnc(Nc3cccc4cccnc34)n2)CC1. The van der Waals surface area contributed by atoms with Gasteiger partial charge in [-0.1, -0.05) is 25.1 Å². The molecule has 0 bridgehead atoms. The van der Waals surface area contributed by atoms with Crippen LogP contribution >= 0.6 is 0 Å². The Morgan fingerprint density at radius 2 is 1.85 bits per heavy atom. The van der Waals surface area contributed by atoms with Crippen LogP contribution in [-0.2, 0) is 0 Å². The van der Waals surface area contributed by atoms with Crippen molar-refractivity contribution in [2.75, 3.05) is 38.0 Å². The van der Waals surface area contributed by atoms with E-state index in [9.17, 15) is 4.79 Å². The monoisotopic (exact) mass is 362 g/mol. The van der Waals surface area contributed by atoms with Gasteiger partial charge in [-0.2, -0.15) is 0 Å². The van der Waals surface area contributed by atoms with Crippen molar-refractivity contribution < 1.29 is 4.79 Å². The number of hydrogen-bond acceptors (Lipinski definition) is 6. The number of hydrogen-bond donors (Lipinski definition) is 1. The van der Waals surface area contributed by atoms with Gasteiger partial charge in [-0.15, -0.1) is 0 Å². The molecule has 1 saturated heterocycles. The van der Waals surface area contributed by atoms with E-state index >= 15 is 0 Å². The molecule has 1 aliphatic heterocycles. The van der Waals surface area contributed by atoms with E-state index < -0.39 is 0 Å². The molecule has 1 N–H and O–H groups in total. The summed E-state index contributed by atoms with van der Waals surface area (Å²) in [6, 6.07) is 11.5. The van der Waals surface area contributed by atoms with Crippen molar-refractivity contribution in [1.29, 1.82) is 0 Å². The summed E-state index contributed by atoms with van der Waals surface area (Å²) in [5.41, 5.74) is 2.07. The van der Waals surface area contributed by atoms with E-state index in [0.717, 1.165) is 49.3 Å². The number of amides is 1. The number of para-hydroxylation sites is 1. The van der Waals surface area contributed by atoms with Crippen LogP contribution in [0.25, 0.3) is 10.9 Å². The third kappa shape index (κ3) is 3.73. The molecule has 27 heavy (non-hydrogen) atoms. The molecule has 7 nitrogen and oxygen atoms in total. The number of aromatic nitrogens is 3. The van der Waals surface area contributed by atoms with Crippen molar-refractivity contribution in [1.82, 2.24) is 24.8 Å². The number of piperazine rings is 1. The summed E-state index contributed by atoms with van der Waals surface area (Å²) in [6.45, 7) is 6.42. The van der Waals surface area contributed by atoms with Crippen LogP contribution in [0.5, 0.6) is 0 Å². The van der Waals surface area contributed by atoms with Crippen molar-refractivity contribution >= 4 is 28.4 Å². The van der Waals surface area contributed by atoms with Gasteiger partial charge in [-0.05, 0) is 24.7 Å². The lowest BCUT2D eigenvalue weighted by molar-refractivity contribution is 0.0637. The van der Waals surface area contributed by atoms with Gasteiger partial charge in [-0.25, -0.2) is 9.97 Å². The molecule has 3 heterocycles. The molecular formula is C20H22N6O. The minimum Gasteiger partial charge on any atom is -0.335 e. The lowest BCUT2D eigenvalue weighted by atomic mass is 10.2. The Morgan fingerprint density at radius 1 is 1.04 bits per heavy atom. The molecular weight excluding hydrogens is 340 g/mol. The Bertz CT molecular complexity index is 947. The third-order valence-electron chi connectivity index (χ3n) is 4.86. The van der Waals surface area contributed by atoms with Crippen molar-refractivity contribution in [3.8, 4) is 0 Å². The summed E-state index contributed by atoms with van der Waals surface area (Å²) in [5.74, 6) is 0.346. The second kappa shape index (κ2) is 7.67. The summed E-state index contributed by atoms with van der Waals surface area (Å²) >= 11 is 0. The molecule has 7 heteroatoms. The largest absolute Gasteiger partial charge is 0.335 e. The molecule has 0 saturated carbocycles. The van der Waals surface area contributed by atoms with Gasteiger partial charge in [0.05, 0.1) is 11.2 Å². The Labute approximate surface area is 158 Å². The maximum absolute atomic E-state index is 12.8. The van der Waals surface area contributed by atoms with Crippen LogP contribution in [0.15, 0.2) is 48.8 Å². The average Bonchev–Trinajstić information content (AvgIpc) is 2.74. The first-order valence-corrected chi connectivity index (χ1v) is 9.20. The smallest absolute Gasteiger partial charge is 0.272 e. The number of carbonyl (C=O) groups is 1. The normalized spacial score (nSPS) is 15.1. The number of pyridine rings is 1. The number of nitrogens with one attached hydrogen (secondary N) is 1. The highest BCUT2D eigenvalue weighted by Crippen LogP contribution is 2.23. The Balaban J connectivity index is 1.53. The van der Waals surface area contributed by atoms with Crippen LogP contribution in [0.3, 0.4) is 0 Å². The third-order valence-corrected chi connectivity index (χ3v) is 4.86. The fourth-order valence-corrected chi connectivity index (χ4v) is 3.29. The van der Waals surface area contributed by atoms with Crippen LogP contribution in [0.4, 0.5) is 11.6 Å². The molecule has 2 aromatic heterocycles. The number of benzene rings is 1. The Kier molecular flexibility index (Phi) is 4.93. The van der Waals surface area contributed by atoms with E-state index in [1.807, 2.05) is 35.2 Å². The van der Waals surface area contributed by atoms with Crippen LogP contribution in [0, 0.1) is 0 Å². The maximum Gasteiger partial charge on any atom is 0.272 e. The van der Waals surface area contributed by atoms with E-state index in [1.165, 1.54) is 0 Å². The van der Waals surface area contributed by atoms with E-state index in [1.54, 1.807) is 18.5 Å². The molecule has 0 spiro atoms. The first kappa shape index (κ1) is 17.4. The summed E-state index contributed by atoms with van der Waals surface area (Å²) in [6.07, 6.45) is 3.37. The highest BCUT2D eigenvalue weighted by molar-refractivity contribution is 5.93. The lowest BCUT2D eigenvalue weighted by Gasteiger charge is -2.33. The average molecular weight is 362 g/mol. The summed E-state index contributed by atoms with van der Waals surface area (Å²) in [7, 11) is 0. The Hall–Kier alpha value is -3.06. The quantitative estimate of drug-likeness (QED) is 0.769. The topological polar surface area (TPSA) is 74.2 Å². The lowest BCUT2D eigenvalue weighted by Crippen LogP contribution is -2.48. The summed E-state index contributed by atoms with van der Waals surface area (Å²) in [4.78, 5) is 30.1. The highest BCUT2D eigenvalue weighted by Gasteiger charge is 2.22. The molecule has 0 atom stereocenters. The number of anilines is 2. The van der Waals surface area contributed by atoms with Crippen LogP contribution in [-0.4, -0.2) is 63.4 Å². The fourth-order valence-electron chi connectivity index (χ4n) is 3.29. The summed E-state index contributed by atoms with van der Waals surface area (Å²) < 4.78 is 0. The van der Waals surface area contributed by atoms with Gasteiger partial charge in [-0.3, -0.25) is 9.78 Å². The van der Waals surface area contributed by atoms with Gasteiger partial charge in [0.25, 0.3) is 5.91 Å². The maximum atomic E-state index is 12.8. The number of rotatable bonds is 4. The second-order valence-corrected chi connectivity index (χ2v) is 6.50. The van der Waals surface area contributed by atoms with E-state index in [2.05, 4.69) is 32.1 Å². The molecule has 1 aliphatic rings. The Morgan fingerprint density at radius 3 is 2.67 bits per heavy atom. The van der Waals surface area contributed by atoms with Gasteiger partial charge in [0.2, 0.25) is 5.95 Å². The first-order chi connectivity index (χ1) is 13.2. The molecule has 4 rings (SSSR count). The van der Waals surface area contributed by atoms with E-state index in [0.29, 0.717) is 11.6 Å². The number of carbonyl (C=O) groups excluding carboxylic acids is 1. The van der Waals surface area contributed by atoms with Crippen molar-refractivity contribution in [2.24, 2.45) is 0 Å². The van der Waals surface area contributed by atoms with Crippen LogP contribution < -0.4 is 5.32 Å². The predicted molar refractivity (Wildman–Crippen MR) is 105 cm³/mol. The molecule has 1 amide bonds. The number of likely N-dealkylation sites (N-methyl/N-ethyl adjacent to an activating group) is 1. The van der Waals surface area contributed by atoms with Gasteiger partial charge < -0.3 is 15.1 Å². The molecule has 1 aromatic carbocycles. The zero-order valence-corrected chi connectivity index (χ0v) is 15.3. The van der Waals surface area contributed by atoms with Crippen molar-refractivity contribution in [3.63, 3.8) is 0 Å². The zero-order chi connectivity index (χ0) is 18.6. The minimum atomic E-state index is -0.0488. The van der Waals surface area contributed by atoms with E-state index in [-0.39, 0.29) is 5.91 Å². The highest BCUT2D eigenvalue weighted by atomic mass is 16.2. The fraction of sp³-hybridized carbons (Fsp3) is 0.300. The zero-order valence-electron chi connectivity index (χ0n) is 15.3. The van der Waals surface area contributed by atoms with E-state index in [4.69, 9.17) is 0 Å². The van der Waals surface area contributed by atoms with Crippen molar-refractivity contribution in [2.45, 2.75) is 6.92 Å². The second-order valence-electron chi connectivity index (χ2n) is 6.50. The van der Waals surface area contributed by atoms with Gasteiger partial charge in [0.15, 0.2) is 0 Å². The van der Waals surface area contributed by atoms with Crippen LogP contribution in [0.1, 0.15) is 17.4 Å². The molecule has 0 radical (unpaired) electrons. The molecule has 0 aliphatic carbocycles. The first-order valence-electron chi connectivity index (χ1n) is 9.20. The number of nitrogens with zero attached hydrogens (tertiary/aromatic N) is 5. The molecule has 3 aromatic rings. The van der Waals surface area contributed by atoms with Gasteiger partial charge >= 0.3 is 0 Å². The van der Waals surface area contributed by atoms with Gasteiger partial charge in [0, 0.05) is 44.0 Å². The van der Waals surface area contributed by atoms with Gasteiger partial charge in [0.1, 0.15) is 5.69 Å². The standard InChI is InChI=1S/C20H22N6O/c1-2-25-11-13-26(14-12-25)19(27)17-8-10-22-20(24-17)23-16-7-3-5-15-6-4-9-21-18(15)16/h3-10H,2,11-14H2,1H3,(H,22,23,24). The predicted octanol–water partition coefficient (Wildman–Crippen LogP) is 2.55. The minimum absolute atomic E-state index is 0.0488.